The molecular weight excluding hydrogens is 257 g/mol. The van der Waals surface area contributed by atoms with Gasteiger partial charge in [0.1, 0.15) is 7.85 Å². The molecule has 20 heavy (non-hydrogen) atoms. The third kappa shape index (κ3) is 3.06. The van der Waals surface area contributed by atoms with Crippen LogP contribution < -0.4 is 16.3 Å². The fourth-order valence-corrected chi connectivity index (χ4v) is 1.73. The van der Waals surface area contributed by atoms with Crippen LogP contribution in [0.2, 0.25) is 0 Å². The average molecular weight is 271 g/mol. The van der Waals surface area contributed by atoms with Gasteiger partial charge in [-0.2, -0.15) is 0 Å². The van der Waals surface area contributed by atoms with E-state index in [1.807, 2.05) is 30.3 Å². The smallest absolute Gasteiger partial charge is 0.413 e. The normalized spacial score (nSPS) is 10.1. The van der Waals surface area contributed by atoms with E-state index in [0.717, 1.165) is 5.56 Å². The summed E-state index contributed by atoms with van der Waals surface area (Å²) in [7, 11) is 1.68. The van der Waals surface area contributed by atoms with Gasteiger partial charge in [-0.1, -0.05) is 30.3 Å². The van der Waals surface area contributed by atoms with Crippen LogP contribution in [0, 0.1) is 0 Å². The third-order valence-electron chi connectivity index (χ3n) is 2.69. The van der Waals surface area contributed by atoms with Crippen LogP contribution in [0.25, 0.3) is 11.3 Å². The average Bonchev–Trinajstić information content (AvgIpc) is 2.44. The number of anilines is 1. The Kier molecular flexibility index (Phi) is 4.19. The zero-order chi connectivity index (χ0) is 14.5. The zero-order valence-corrected chi connectivity index (χ0v) is 11.3. The zero-order valence-electron chi connectivity index (χ0n) is 11.3. The summed E-state index contributed by atoms with van der Waals surface area (Å²) >= 11 is 0. The number of nitrogens with one attached hydrogen (secondary N) is 2. The molecule has 0 aliphatic carbocycles. The molecule has 1 heterocycles. The van der Waals surface area contributed by atoms with Crippen LogP contribution in [-0.2, 0) is 4.74 Å². The number of H-pyrrole nitrogens is 1. The molecule has 0 bridgehead atoms. The van der Waals surface area contributed by atoms with Crippen molar-refractivity contribution in [1.29, 1.82) is 0 Å². The van der Waals surface area contributed by atoms with Crippen LogP contribution >= 0.6 is 0 Å². The standard InChI is InChI=1S/C13H14BN3O3/c1-2-20-13(19)17-12-15-10(9(14)11(18)16-12)8-6-4-3-5-7-8/h3-7H,2,14H2,1H3,(H2,15,16,17,18,19). The molecule has 0 radical (unpaired) electrons. The van der Waals surface area contributed by atoms with E-state index in [0.29, 0.717) is 11.2 Å². The fraction of sp³-hybridized carbons (Fsp3) is 0.154. The molecule has 1 amide bonds. The van der Waals surface area contributed by atoms with E-state index in [-0.39, 0.29) is 18.1 Å². The molecule has 0 spiro atoms. The van der Waals surface area contributed by atoms with Crippen molar-refractivity contribution < 1.29 is 9.53 Å². The van der Waals surface area contributed by atoms with Gasteiger partial charge in [-0.3, -0.25) is 15.1 Å². The summed E-state index contributed by atoms with van der Waals surface area (Å²) in [5.74, 6) is 0.0675. The second kappa shape index (κ2) is 6.05. The molecule has 1 aromatic heterocycles. The predicted octanol–water partition coefficient (Wildman–Crippen LogP) is 0.264. The Balaban J connectivity index is 2.40. The van der Waals surface area contributed by atoms with Crippen molar-refractivity contribution in [2.45, 2.75) is 6.92 Å². The quantitative estimate of drug-likeness (QED) is 0.784. The van der Waals surface area contributed by atoms with Crippen LogP contribution in [0.1, 0.15) is 6.92 Å². The van der Waals surface area contributed by atoms with E-state index < -0.39 is 6.09 Å². The van der Waals surface area contributed by atoms with Gasteiger partial charge in [-0.05, 0) is 12.5 Å². The van der Waals surface area contributed by atoms with Crippen molar-refractivity contribution in [2.75, 3.05) is 11.9 Å². The number of carbonyl (C=O) groups is 1. The predicted molar refractivity (Wildman–Crippen MR) is 79.1 cm³/mol. The molecule has 0 saturated heterocycles. The Bertz CT molecular complexity index is 670. The lowest BCUT2D eigenvalue weighted by atomic mass is 9.92. The van der Waals surface area contributed by atoms with Gasteiger partial charge < -0.3 is 4.74 Å². The van der Waals surface area contributed by atoms with Crippen LogP contribution in [0.15, 0.2) is 35.1 Å². The van der Waals surface area contributed by atoms with Gasteiger partial charge in [0, 0.05) is 5.46 Å². The Labute approximate surface area is 116 Å². The number of benzene rings is 1. The molecule has 0 fully saturated rings. The second-order valence-electron chi connectivity index (χ2n) is 4.10. The number of amides is 1. The maximum atomic E-state index is 11.9. The number of carbonyl (C=O) groups excluding carboxylic acids is 1. The summed E-state index contributed by atoms with van der Waals surface area (Å²) < 4.78 is 4.75. The van der Waals surface area contributed by atoms with Crippen molar-refractivity contribution in [2.24, 2.45) is 0 Å². The van der Waals surface area contributed by atoms with Gasteiger partial charge in [0.2, 0.25) is 11.5 Å². The van der Waals surface area contributed by atoms with Crippen molar-refractivity contribution in [3.8, 4) is 11.3 Å². The van der Waals surface area contributed by atoms with Gasteiger partial charge in [-0.15, -0.1) is 0 Å². The summed E-state index contributed by atoms with van der Waals surface area (Å²) in [5.41, 5.74) is 1.53. The van der Waals surface area contributed by atoms with Crippen LogP contribution in [0.5, 0.6) is 0 Å². The minimum absolute atomic E-state index is 0.0675. The largest absolute Gasteiger partial charge is 0.450 e. The molecule has 2 aromatic rings. The fourth-order valence-electron chi connectivity index (χ4n) is 1.73. The highest BCUT2D eigenvalue weighted by atomic mass is 16.5. The number of ether oxygens (including phenoxy) is 1. The van der Waals surface area contributed by atoms with E-state index in [4.69, 9.17) is 4.74 Å². The van der Waals surface area contributed by atoms with Gasteiger partial charge in [0.15, 0.2) is 0 Å². The molecule has 0 aliphatic heterocycles. The van der Waals surface area contributed by atoms with Crippen molar-refractivity contribution >= 4 is 25.4 Å². The summed E-state index contributed by atoms with van der Waals surface area (Å²) in [6, 6.07) is 9.29. The van der Waals surface area contributed by atoms with E-state index in [1.165, 1.54) is 0 Å². The molecule has 2 N–H and O–H groups in total. The highest BCUT2D eigenvalue weighted by molar-refractivity contribution is 6.35. The highest BCUT2D eigenvalue weighted by Gasteiger charge is 2.11. The number of hydrogen-bond donors (Lipinski definition) is 2. The maximum absolute atomic E-state index is 11.9. The first kappa shape index (κ1) is 13.9. The molecule has 0 unspecified atom stereocenters. The van der Waals surface area contributed by atoms with Crippen molar-refractivity contribution in [3.63, 3.8) is 0 Å². The summed E-state index contributed by atoms with van der Waals surface area (Å²) in [4.78, 5) is 30.0. The van der Waals surface area contributed by atoms with E-state index in [2.05, 4.69) is 15.3 Å². The summed E-state index contributed by atoms with van der Waals surface area (Å²) in [6.45, 7) is 1.94. The summed E-state index contributed by atoms with van der Waals surface area (Å²) in [6.07, 6.45) is -0.654. The van der Waals surface area contributed by atoms with Gasteiger partial charge in [0.25, 0.3) is 0 Å². The van der Waals surface area contributed by atoms with E-state index in [1.54, 1.807) is 14.8 Å². The minimum Gasteiger partial charge on any atom is -0.450 e. The molecule has 0 saturated carbocycles. The number of aromatic amines is 1. The number of nitrogens with zero attached hydrogens (tertiary/aromatic N) is 1. The molecule has 6 nitrogen and oxygen atoms in total. The van der Waals surface area contributed by atoms with Crippen LogP contribution in [0.3, 0.4) is 0 Å². The molecule has 0 aliphatic rings. The van der Waals surface area contributed by atoms with Gasteiger partial charge in [-0.25, -0.2) is 9.78 Å². The third-order valence-corrected chi connectivity index (χ3v) is 2.69. The Morgan fingerprint density at radius 2 is 2.10 bits per heavy atom. The Hall–Kier alpha value is -2.57. The molecule has 1 aromatic carbocycles. The van der Waals surface area contributed by atoms with Crippen LogP contribution in [-0.4, -0.2) is 30.5 Å². The van der Waals surface area contributed by atoms with Crippen molar-refractivity contribution in [3.05, 3.63) is 40.7 Å². The first-order chi connectivity index (χ1) is 9.61. The first-order valence-corrected chi connectivity index (χ1v) is 6.22. The summed E-state index contributed by atoms with van der Waals surface area (Å²) in [5, 5.41) is 2.39. The SMILES string of the molecule is Bc1c(-c2ccccc2)nc(NC(=O)OCC)[nH]c1=O. The highest BCUT2D eigenvalue weighted by Crippen LogP contribution is 2.13. The lowest BCUT2D eigenvalue weighted by Gasteiger charge is -2.08. The molecule has 7 heteroatoms. The molecule has 102 valence electrons. The molecular formula is C13H14BN3O3. The first-order valence-electron chi connectivity index (χ1n) is 6.22. The molecule has 2 rings (SSSR count). The lowest BCUT2D eigenvalue weighted by molar-refractivity contribution is 0.167. The Morgan fingerprint density at radius 1 is 1.40 bits per heavy atom. The minimum atomic E-state index is -0.654. The topological polar surface area (TPSA) is 84.1 Å². The maximum Gasteiger partial charge on any atom is 0.413 e. The monoisotopic (exact) mass is 271 g/mol. The Morgan fingerprint density at radius 3 is 2.75 bits per heavy atom. The van der Waals surface area contributed by atoms with E-state index >= 15 is 0 Å². The van der Waals surface area contributed by atoms with Gasteiger partial charge in [0.05, 0.1) is 12.3 Å². The number of aromatic nitrogens is 2. The number of hydrogen-bond acceptors (Lipinski definition) is 4. The number of rotatable bonds is 3. The van der Waals surface area contributed by atoms with Crippen LogP contribution in [0.4, 0.5) is 10.7 Å². The van der Waals surface area contributed by atoms with Crippen molar-refractivity contribution in [1.82, 2.24) is 9.97 Å². The molecule has 0 atom stereocenters. The van der Waals surface area contributed by atoms with E-state index in [9.17, 15) is 9.59 Å². The second-order valence-corrected chi connectivity index (χ2v) is 4.10. The van der Waals surface area contributed by atoms with Gasteiger partial charge >= 0.3 is 6.09 Å². The lowest BCUT2D eigenvalue weighted by Crippen LogP contribution is -2.32.